The number of fused-ring (bicyclic) bond motifs is 9. The van der Waals surface area contributed by atoms with Crippen LogP contribution in [0.15, 0.2) is 30.3 Å². The minimum absolute atomic E-state index is 0.00898. The lowest BCUT2D eigenvalue weighted by Gasteiger charge is -2.42. The van der Waals surface area contributed by atoms with Crippen molar-refractivity contribution in [2.45, 2.75) is 68.8 Å². The van der Waals surface area contributed by atoms with Gasteiger partial charge in [0.2, 0.25) is 5.88 Å². The smallest absolute Gasteiger partial charge is 0.319 e. The van der Waals surface area contributed by atoms with Crippen LogP contribution < -0.4 is 19.7 Å². The molecule has 10 heteroatoms. The van der Waals surface area contributed by atoms with Gasteiger partial charge in [0.1, 0.15) is 40.9 Å². The topological polar surface area (TPSA) is 75.6 Å². The van der Waals surface area contributed by atoms with Gasteiger partial charge < -0.3 is 19.7 Å². The maximum absolute atomic E-state index is 17.1. The number of pyridine rings is 1. The second-order valence-corrected chi connectivity index (χ2v) is 14.2. The first-order valence-electron chi connectivity index (χ1n) is 16.6. The summed E-state index contributed by atoms with van der Waals surface area (Å²) < 4.78 is 45.2. The second kappa shape index (κ2) is 9.49. The Morgan fingerprint density at radius 3 is 2.93 bits per heavy atom. The number of rotatable bonds is 4. The van der Waals surface area contributed by atoms with E-state index in [0.717, 1.165) is 51.2 Å². The zero-order valence-corrected chi connectivity index (χ0v) is 25.6. The predicted molar refractivity (Wildman–Crippen MR) is 170 cm³/mol. The molecule has 1 aliphatic carbocycles. The SMILES string of the molecule is C#Cc1c(F)ccc2cccc(-c3nc4c5c(nc(OC[C@]67CCCN6C[C@H]6C[C@H]67)nc5c3F)N3C[C@H]5CC[C@H](N5)[C@H]3[C@H](C)O4)c12. The van der Waals surface area contributed by atoms with E-state index in [1.54, 1.807) is 18.2 Å². The molecule has 0 amide bonds. The molecule has 46 heavy (non-hydrogen) atoms. The standard InChI is InChI=1S/C36H34F2N6O2/c1-3-22-25(37)10-8-19-6-4-7-23(27(19)22)30-29(38)31-28-33(44-16-21-9-11-26(39-21)32(44)18(2)46-34(28)40-30)42-35(41-31)45-17-36-12-5-13-43(36)15-20-14-24(20)36/h1,4,6-8,10,18,20-21,24,26,32,39H,5,9,11-17H2,2H3/t18-,20+,21+,24+,26-,32+,36-/m0/s1. The van der Waals surface area contributed by atoms with Crippen molar-refractivity contribution in [2.24, 2.45) is 11.8 Å². The highest BCUT2D eigenvalue weighted by Crippen LogP contribution is 2.59. The van der Waals surface area contributed by atoms with Crippen LogP contribution in [0.3, 0.4) is 0 Å². The number of benzene rings is 2. The number of halogens is 2. The third-order valence-corrected chi connectivity index (χ3v) is 11.8. The highest BCUT2D eigenvalue weighted by Gasteiger charge is 2.64. The van der Waals surface area contributed by atoms with Crippen LogP contribution in [0.1, 0.15) is 44.6 Å². The normalized spacial score (nSPS) is 32.1. The summed E-state index contributed by atoms with van der Waals surface area (Å²) in [7, 11) is 0. The maximum Gasteiger partial charge on any atom is 0.319 e. The number of nitrogens with zero attached hydrogens (tertiary/aromatic N) is 5. The Balaban J connectivity index is 1.18. The van der Waals surface area contributed by atoms with E-state index in [-0.39, 0.29) is 52.4 Å². The van der Waals surface area contributed by atoms with E-state index in [1.807, 2.05) is 13.0 Å². The van der Waals surface area contributed by atoms with Crippen molar-refractivity contribution in [1.29, 1.82) is 0 Å². The fraction of sp³-hybridized carbons (Fsp3) is 0.472. The molecule has 10 rings (SSSR count). The van der Waals surface area contributed by atoms with E-state index in [9.17, 15) is 4.39 Å². The molecule has 0 spiro atoms. The zero-order chi connectivity index (χ0) is 30.9. The van der Waals surface area contributed by atoms with E-state index in [0.29, 0.717) is 46.1 Å². The molecule has 1 N–H and O–H groups in total. The molecule has 6 aliphatic rings. The molecule has 8 nitrogen and oxygen atoms in total. The number of aromatic nitrogens is 3. The number of hydrogen-bond acceptors (Lipinski definition) is 8. The van der Waals surface area contributed by atoms with Gasteiger partial charge in [-0.1, -0.05) is 30.2 Å². The molecule has 2 bridgehead atoms. The summed E-state index contributed by atoms with van der Waals surface area (Å²) in [4.78, 5) is 19.5. The summed E-state index contributed by atoms with van der Waals surface area (Å²) in [6, 6.07) is 8.98. The Bertz CT molecular complexity index is 2010. The molecular weight excluding hydrogens is 586 g/mol. The van der Waals surface area contributed by atoms with Crippen molar-refractivity contribution in [3.05, 3.63) is 47.5 Å². The highest BCUT2D eigenvalue weighted by atomic mass is 19.1. The summed E-state index contributed by atoms with van der Waals surface area (Å²) in [6.07, 6.45) is 11.1. The number of terminal acetylenes is 1. The van der Waals surface area contributed by atoms with E-state index in [4.69, 9.17) is 30.8 Å². The van der Waals surface area contributed by atoms with Crippen molar-refractivity contribution in [1.82, 2.24) is 25.2 Å². The monoisotopic (exact) mass is 620 g/mol. The van der Waals surface area contributed by atoms with Gasteiger partial charge in [-0.25, -0.2) is 13.8 Å². The lowest BCUT2D eigenvalue weighted by atomic mass is 9.92. The fourth-order valence-corrected chi connectivity index (χ4v) is 9.73. The first-order valence-corrected chi connectivity index (χ1v) is 16.6. The first kappa shape index (κ1) is 27.1. The third kappa shape index (κ3) is 3.64. The van der Waals surface area contributed by atoms with Crippen LogP contribution in [0.5, 0.6) is 11.9 Å². The summed E-state index contributed by atoms with van der Waals surface area (Å²) in [6.45, 7) is 5.48. The van der Waals surface area contributed by atoms with Crippen LogP contribution in [0.25, 0.3) is 32.9 Å². The Labute approximate surface area is 265 Å². The summed E-state index contributed by atoms with van der Waals surface area (Å²) in [5.74, 6) is 3.57. The molecule has 7 atom stereocenters. The van der Waals surface area contributed by atoms with E-state index in [1.165, 1.54) is 12.5 Å². The molecule has 4 saturated heterocycles. The Morgan fingerprint density at radius 1 is 1.13 bits per heavy atom. The van der Waals surface area contributed by atoms with E-state index in [2.05, 4.69) is 21.0 Å². The summed E-state index contributed by atoms with van der Waals surface area (Å²) in [5.41, 5.74) is 0.558. The van der Waals surface area contributed by atoms with Gasteiger partial charge in [-0.15, -0.1) is 6.42 Å². The summed E-state index contributed by atoms with van der Waals surface area (Å²) in [5, 5.41) is 5.31. The molecular formula is C36H34F2N6O2. The van der Waals surface area contributed by atoms with Crippen LogP contribution in [-0.4, -0.2) is 75.9 Å². The molecule has 2 aromatic carbocycles. The van der Waals surface area contributed by atoms with Crippen LogP contribution in [0, 0.1) is 35.8 Å². The number of hydrogen-bond donors (Lipinski definition) is 1. The van der Waals surface area contributed by atoms with Crippen molar-refractivity contribution in [2.75, 3.05) is 31.1 Å². The van der Waals surface area contributed by atoms with E-state index >= 15 is 4.39 Å². The van der Waals surface area contributed by atoms with Crippen molar-refractivity contribution >= 4 is 27.5 Å². The predicted octanol–water partition coefficient (Wildman–Crippen LogP) is 5.06. The lowest BCUT2D eigenvalue weighted by molar-refractivity contribution is 0.0829. The highest BCUT2D eigenvalue weighted by molar-refractivity contribution is 6.03. The Hall–Kier alpha value is -4.07. The van der Waals surface area contributed by atoms with Gasteiger partial charge in [0.05, 0.1) is 17.1 Å². The van der Waals surface area contributed by atoms with Crippen LogP contribution in [0.4, 0.5) is 14.6 Å². The average molecular weight is 621 g/mol. The van der Waals surface area contributed by atoms with Crippen molar-refractivity contribution in [3.63, 3.8) is 0 Å². The van der Waals surface area contributed by atoms with Gasteiger partial charge in [-0.3, -0.25) is 4.90 Å². The lowest BCUT2D eigenvalue weighted by Crippen LogP contribution is -2.62. The fourth-order valence-electron chi connectivity index (χ4n) is 9.73. The summed E-state index contributed by atoms with van der Waals surface area (Å²) >= 11 is 0. The van der Waals surface area contributed by atoms with Crippen molar-refractivity contribution < 1.29 is 18.3 Å². The third-order valence-electron chi connectivity index (χ3n) is 11.8. The molecule has 0 radical (unpaired) electrons. The number of nitrogens with one attached hydrogen (secondary N) is 1. The Kier molecular flexibility index (Phi) is 5.59. The number of piperazine rings is 1. The molecule has 5 fully saturated rings. The second-order valence-electron chi connectivity index (χ2n) is 14.2. The molecule has 1 saturated carbocycles. The zero-order valence-electron chi connectivity index (χ0n) is 25.6. The number of piperidine rings is 1. The minimum atomic E-state index is -0.636. The van der Waals surface area contributed by atoms with Gasteiger partial charge >= 0.3 is 6.01 Å². The number of anilines is 1. The van der Waals surface area contributed by atoms with Crippen molar-refractivity contribution in [3.8, 4) is 35.5 Å². The van der Waals surface area contributed by atoms with Gasteiger partial charge in [-0.2, -0.15) is 9.97 Å². The quantitative estimate of drug-likeness (QED) is 0.318. The maximum atomic E-state index is 17.1. The first-order chi connectivity index (χ1) is 22.4. The molecule has 234 valence electrons. The molecule has 5 aliphatic heterocycles. The average Bonchev–Trinajstić information content (AvgIpc) is 3.44. The van der Waals surface area contributed by atoms with E-state index < -0.39 is 11.6 Å². The molecule has 2 aromatic heterocycles. The van der Waals surface area contributed by atoms with Crippen LogP contribution in [-0.2, 0) is 0 Å². The van der Waals surface area contributed by atoms with Gasteiger partial charge in [0, 0.05) is 36.1 Å². The molecule has 7 heterocycles. The van der Waals surface area contributed by atoms with Gasteiger partial charge in [0.15, 0.2) is 5.82 Å². The van der Waals surface area contributed by atoms with Crippen LogP contribution >= 0.6 is 0 Å². The number of ether oxygens (including phenoxy) is 2. The minimum Gasteiger partial charge on any atom is -0.472 e. The van der Waals surface area contributed by atoms with Crippen LogP contribution in [0.2, 0.25) is 0 Å². The largest absolute Gasteiger partial charge is 0.472 e. The Morgan fingerprint density at radius 2 is 2.04 bits per heavy atom. The molecule has 4 aromatic rings. The van der Waals surface area contributed by atoms with Gasteiger partial charge in [0.25, 0.3) is 0 Å². The van der Waals surface area contributed by atoms with Gasteiger partial charge in [-0.05, 0) is 68.9 Å². The molecule has 0 unspecified atom stereocenters.